The van der Waals surface area contributed by atoms with Gasteiger partial charge >= 0.3 is 0 Å². The minimum atomic E-state index is -0.320. The quantitative estimate of drug-likeness (QED) is 0.814. The molecule has 2 N–H and O–H groups in total. The Hall–Kier alpha value is -2.66. The minimum absolute atomic E-state index is 0.0648. The summed E-state index contributed by atoms with van der Waals surface area (Å²) < 4.78 is 0. The van der Waals surface area contributed by atoms with Gasteiger partial charge in [-0.1, -0.05) is 0 Å². The molecule has 150 valence electrons. The fourth-order valence-corrected chi connectivity index (χ4v) is 4.10. The van der Waals surface area contributed by atoms with Gasteiger partial charge in [-0.2, -0.15) is 5.26 Å². The maximum absolute atomic E-state index is 13.0. The highest BCUT2D eigenvalue weighted by molar-refractivity contribution is 5.83. The van der Waals surface area contributed by atoms with Gasteiger partial charge in [-0.05, 0) is 38.3 Å². The number of carbonyl (C=O) groups excluding carboxylic acids is 2. The second kappa shape index (κ2) is 9.02. The molecular formula is C20H28N6O2. The maximum atomic E-state index is 13.0. The normalized spacial score (nSPS) is 22.2. The molecule has 3 rings (SSSR count). The Bertz CT molecular complexity index is 761. The van der Waals surface area contributed by atoms with Gasteiger partial charge in [0.2, 0.25) is 11.8 Å². The summed E-state index contributed by atoms with van der Waals surface area (Å²) in [6, 6.07) is 5.51. The third kappa shape index (κ3) is 4.42. The number of aromatic nitrogens is 1. The van der Waals surface area contributed by atoms with Gasteiger partial charge in [-0.3, -0.25) is 14.5 Å². The molecule has 2 saturated heterocycles. The molecule has 0 aliphatic carbocycles. The first kappa shape index (κ1) is 20.1. The van der Waals surface area contributed by atoms with Gasteiger partial charge in [-0.25, -0.2) is 4.98 Å². The van der Waals surface area contributed by atoms with Gasteiger partial charge in [0.05, 0.1) is 17.5 Å². The zero-order chi connectivity index (χ0) is 20.1. The molecule has 0 bridgehead atoms. The van der Waals surface area contributed by atoms with Crippen LogP contribution in [-0.2, 0) is 9.59 Å². The first-order valence-electron chi connectivity index (χ1n) is 9.93. The fraction of sp³-hybridized carbons (Fsp3) is 0.600. The van der Waals surface area contributed by atoms with Gasteiger partial charge < -0.3 is 15.5 Å². The average Bonchev–Trinajstić information content (AvgIpc) is 2.99. The van der Waals surface area contributed by atoms with Crippen molar-refractivity contribution in [3.05, 3.63) is 23.9 Å². The Morgan fingerprint density at radius 2 is 2.07 bits per heavy atom. The summed E-state index contributed by atoms with van der Waals surface area (Å²) >= 11 is 0. The van der Waals surface area contributed by atoms with E-state index in [0.29, 0.717) is 31.0 Å². The Balaban J connectivity index is 1.62. The number of pyridine rings is 1. The summed E-state index contributed by atoms with van der Waals surface area (Å²) in [5.74, 6) is 0.221. The van der Waals surface area contributed by atoms with Gasteiger partial charge in [0.25, 0.3) is 0 Å². The number of carbonyl (C=O) groups is 2. The van der Waals surface area contributed by atoms with Crippen LogP contribution in [0.4, 0.5) is 5.82 Å². The molecule has 0 saturated carbocycles. The van der Waals surface area contributed by atoms with Crippen LogP contribution in [0.5, 0.6) is 0 Å². The van der Waals surface area contributed by atoms with Crippen molar-refractivity contribution in [2.24, 2.45) is 11.7 Å². The molecule has 0 spiro atoms. The second-order valence-electron chi connectivity index (χ2n) is 7.56. The summed E-state index contributed by atoms with van der Waals surface area (Å²) in [4.78, 5) is 35.0. The van der Waals surface area contributed by atoms with E-state index in [0.717, 1.165) is 38.9 Å². The monoisotopic (exact) mass is 384 g/mol. The van der Waals surface area contributed by atoms with Crippen LogP contribution in [0.2, 0.25) is 0 Å². The molecule has 28 heavy (non-hydrogen) atoms. The molecule has 0 aromatic carbocycles. The first-order valence-corrected chi connectivity index (χ1v) is 9.93. The number of hydrogen-bond donors (Lipinski definition) is 1. The Morgan fingerprint density at radius 3 is 2.82 bits per heavy atom. The molecular weight excluding hydrogens is 356 g/mol. The zero-order valence-corrected chi connectivity index (χ0v) is 16.4. The summed E-state index contributed by atoms with van der Waals surface area (Å²) in [6.45, 7) is 6.11. The Morgan fingerprint density at radius 1 is 1.25 bits per heavy atom. The number of amides is 2. The number of rotatable bonds is 4. The van der Waals surface area contributed by atoms with E-state index >= 15 is 0 Å². The van der Waals surface area contributed by atoms with Crippen LogP contribution in [-0.4, -0.2) is 71.9 Å². The smallest absolute Gasteiger partial charge is 0.239 e. The molecule has 8 nitrogen and oxygen atoms in total. The number of nitrogens with two attached hydrogens (primary N) is 1. The predicted molar refractivity (Wildman–Crippen MR) is 105 cm³/mol. The number of nitriles is 1. The van der Waals surface area contributed by atoms with Crippen LogP contribution in [0.1, 0.15) is 31.7 Å². The van der Waals surface area contributed by atoms with Crippen molar-refractivity contribution >= 4 is 17.6 Å². The SMILES string of the molecule is CC(C(=O)N1CCCC(C(N)=O)C1)N1CCCN(c2ncccc2C#N)CC1. The molecule has 2 atom stereocenters. The predicted octanol–water partition coefficient (Wildman–Crippen LogP) is 0.578. The van der Waals surface area contributed by atoms with E-state index in [-0.39, 0.29) is 23.8 Å². The summed E-state index contributed by atoms with van der Waals surface area (Å²) in [5, 5.41) is 9.33. The van der Waals surface area contributed by atoms with Crippen LogP contribution in [0.15, 0.2) is 18.3 Å². The van der Waals surface area contributed by atoms with Crippen LogP contribution in [0, 0.1) is 17.2 Å². The first-order chi connectivity index (χ1) is 13.5. The molecule has 2 aliphatic rings. The van der Waals surface area contributed by atoms with Gasteiger partial charge in [-0.15, -0.1) is 0 Å². The fourth-order valence-electron chi connectivity index (χ4n) is 4.10. The lowest BCUT2D eigenvalue weighted by Crippen LogP contribution is -2.52. The van der Waals surface area contributed by atoms with Crippen molar-refractivity contribution in [2.75, 3.05) is 44.2 Å². The van der Waals surface area contributed by atoms with E-state index < -0.39 is 0 Å². The Kier molecular flexibility index (Phi) is 6.47. The van der Waals surface area contributed by atoms with E-state index in [2.05, 4.69) is 20.9 Å². The summed E-state index contributed by atoms with van der Waals surface area (Å²) in [6.07, 6.45) is 4.17. The zero-order valence-electron chi connectivity index (χ0n) is 16.4. The van der Waals surface area contributed by atoms with Crippen LogP contribution >= 0.6 is 0 Å². The van der Waals surface area contributed by atoms with Crippen molar-refractivity contribution in [1.29, 1.82) is 5.26 Å². The van der Waals surface area contributed by atoms with Crippen molar-refractivity contribution in [3.63, 3.8) is 0 Å². The number of nitrogens with zero attached hydrogens (tertiary/aromatic N) is 5. The molecule has 2 unspecified atom stereocenters. The molecule has 0 radical (unpaired) electrons. The summed E-state index contributed by atoms with van der Waals surface area (Å²) in [5.41, 5.74) is 6.02. The number of anilines is 1. The van der Waals surface area contributed by atoms with E-state index in [1.54, 1.807) is 23.2 Å². The largest absolute Gasteiger partial charge is 0.369 e. The number of primary amides is 1. The van der Waals surface area contributed by atoms with E-state index in [1.165, 1.54) is 0 Å². The minimum Gasteiger partial charge on any atom is -0.369 e. The number of hydrogen-bond acceptors (Lipinski definition) is 6. The molecule has 8 heteroatoms. The number of piperidine rings is 1. The summed E-state index contributed by atoms with van der Waals surface area (Å²) in [7, 11) is 0. The standard InChI is InChI=1S/C20H28N6O2/c1-15(20(28)26-8-3-6-17(14-26)18(22)27)24-9-4-10-25(12-11-24)19-16(13-21)5-2-7-23-19/h2,5,7,15,17H,3-4,6,8-12,14H2,1H3,(H2,22,27). The topological polar surface area (TPSA) is 107 Å². The average molecular weight is 384 g/mol. The second-order valence-corrected chi connectivity index (χ2v) is 7.56. The van der Waals surface area contributed by atoms with E-state index in [9.17, 15) is 14.9 Å². The maximum Gasteiger partial charge on any atom is 0.239 e. The molecule has 1 aromatic rings. The van der Waals surface area contributed by atoms with Crippen molar-refractivity contribution < 1.29 is 9.59 Å². The van der Waals surface area contributed by atoms with Crippen molar-refractivity contribution in [2.45, 2.75) is 32.2 Å². The van der Waals surface area contributed by atoms with Crippen LogP contribution in [0.3, 0.4) is 0 Å². The lowest BCUT2D eigenvalue weighted by Gasteiger charge is -2.36. The molecule has 2 fully saturated rings. The lowest BCUT2D eigenvalue weighted by molar-refractivity contribution is -0.139. The molecule has 2 amide bonds. The molecule has 1 aromatic heterocycles. The Labute approximate surface area is 165 Å². The number of likely N-dealkylation sites (tertiary alicyclic amines) is 1. The molecule has 2 aliphatic heterocycles. The van der Waals surface area contributed by atoms with Crippen molar-refractivity contribution in [3.8, 4) is 6.07 Å². The van der Waals surface area contributed by atoms with Gasteiger partial charge in [0, 0.05) is 45.5 Å². The highest BCUT2D eigenvalue weighted by Gasteiger charge is 2.32. The highest BCUT2D eigenvalue weighted by Crippen LogP contribution is 2.21. The van der Waals surface area contributed by atoms with E-state index in [1.807, 2.05) is 6.92 Å². The third-order valence-electron chi connectivity index (χ3n) is 5.78. The van der Waals surface area contributed by atoms with Crippen LogP contribution in [0.25, 0.3) is 0 Å². The highest BCUT2D eigenvalue weighted by atomic mass is 16.2. The van der Waals surface area contributed by atoms with Crippen molar-refractivity contribution in [1.82, 2.24) is 14.8 Å². The third-order valence-corrected chi connectivity index (χ3v) is 5.78. The van der Waals surface area contributed by atoms with Gasteiger partial charge in [0.15, 0.2) is 0 Å². The lowest BCUT2D eigenvalue weighted by atomic mass is 9.97. The molecule has 3 heterocycles. The van der Waals surface area contributed by atoms with E-state index in [4.69, 9.17) is 5.73 Å². The van der Waals surface area contributed by atoms with Crippen LogP contribution < -0.4 is 10.6 Å². The van der Waals surface area contributed by atoms with Gasteiger partial charge in [0.1, 0.15) is 11.9 Å².